The number of halogens is 3. The molecule has 3 nitrogen and oxygen atoms in total. The van der Waals surface area contributed by atoms with Crippen molar-refractivity contribution in [1.82, 2.24) is 4.90 Å². The van der Waals surface area contributed by atoms with Crippen molar-refractivity contribution in [2.24, 2.45) is 5.92 Å². The van der Waals surface area contributed by atoms with Crippen LogP contribution in [0.25, 0.3) is 0 Å². The van der Waals surface area contributed by atoms with Crippen LogP contribution in [-0.2, 0) is 4.79 Å². The van der Waals surface area contributed by atoms with Crippen molar-refractivity contribution in [2.45, 2.75) is 13.3 Å². The minimum absolute atomic E-state index is 0.134. The first-order valence-electron chi connectivity index (χ1n) is 6.03. The van der Waals surface area contributed by atoms with Gasteiger partial charge in [0.25, 0.3) is 0 Å². The maximum absolute atomic E-state index is 12.3. The van der Waals surface area contributed by atoms with Crippen LogP contribution in [0.1, 0.15) is 5.56 Å². The van der Waals surface area contributed by atoms with Gasteiger partial charge in [-0.15, -0.1) is 0 Å². The second-order valence-corrected chi connectivity index (χ2v) is 5.16. The topological polar surface area (TPSA) is 32.3 Å². The lowest BCUT2D eigenvalue weighted by molar-refractivity contribution is -0.120. The molecule has 1 aliphatic rings. The van der Waals surface area contributed by atoms with E-state index >= 15 is 0 Å². The van der Waals surface area contributed by atoms with Gasteiger partial charge < -0.3 is 5.32 Å². The summed E-state index contributed by atoms with van der Waals surface area (Å²) < 4.78 is 24.6. The first-order chi connectivity index (χ1) is 8.97. The lowest BCUT2D eigenvalue weighted by atomic mass is 10.0. The Balaban J connectivity index is 1.84. The highest BCUT2D eigenvalue weighted by atomic mass is 35.5. The van der Waals surface area contributed by atoms with Crippen LogP contribution >= 0.6 is 11.6 Å². The number of likely N-dealkylation sites (tertiary alicyclic amines) is 1. The van der Waals surface area contributed by atoms with Crippen molar-refractivity contribution in [3.63, 3.8) is 0 Å². The number of anilines is 1. The molecular formula is C13H15ClF2N2O. The number of carbonyl (C=O) groups is 1. The Bertz CT molecular complexity index is 476. The van der Waals surface area contributed by atoms with Crippen molar-refractivity contribution in [2.75, 3.05) is 25.0 Å². The summed E-state index contributed by atoms with van der Waals surface area (Å²) in [7, 11) is 0. The number of hydrogen-bond donors (Lipinski definition) is 1. The van der Waals surface area contributed by atoms with E-state index in [1.807, 2.05) is 6.92 Å². The van der Waals surface area contributed by atoms with Crippen molar-refractivity contribution in [3.05, 3.63) is 28.8 Å². The summed E-state index contributed by atoms with van der Waals surface area (Å²) in [6.07, 6.45) is -2.30. The highest BCUT2D eigenvalue weighted by molar-refractivity contribution is 6.31. The lowest BCUT2D eigenvalue weighted by Gasteiger charge is -2.38. The Morgan fingerprint density at radius 1 is 1.53 bits per heavy atom. The predicted molar refractivity (Wildman–Crippen MR) is 70.8 cm³/mol. The summed E-state index contributed by atoms with van der Waals surface area (Å²) in [4.78, 5) is 13.5. The summed E-state index contributed by atoms with van der Waals surface area (Å²) in [6.45, 7) is 2.50. The van der Waals surface area contributed by atoms with E-state index in [0.29, 0.717) is 10.7 Å². The van der Waals surface area contributed by atoms with Crippen LogP contribution in [0.4, 0.5) is 14.5 Å². The van der Waals surface area contributed by atoms with Gasteiger partial charge in [0.1, 0.15) is 0 Å². The van der Waals surface area contributed by atoms with Gasteiger partial charge in [-0.25, -0.2) is 8.78 Å². The van der Waals surface area contributed by atoms with Crippen molar-refractivity contribution < 1.29 is 13.6 Å². The lowest BCUT2D eigenvalue weighted by Crippen LogP contribution is -2.52. The van der Waals surface area contributed by atoms with Crippen LogP contribution in [0.5, 0.6) is 0 Å². The minimum Gasteiger partial charge on any atom is -0.325 e. The van der Waals surface area contributed by atoms with E-state index < -0.39 is 12.3 Å². The van der Waals surface area contributed by atoms with E-state index in [4.69, 9.17) is 11.6 Å². The molecule has 0 radical (unpaired) electrons. The largest absolute Gasteiger partial charge is 0.325 e. The fraction of sp³-hybridized carbons (Fsp3) is 0.462. The van der Waals surface area contributed by atoms with E-state index in [0.717, 1.165) is 5.56 Å². The van der Waals surface area contributed by atoms with Crippen LogP contribution in [0.2, 0.25) is 5.02 Å². The molecule has 0 atom stereocenters. The normalized spacial score (nSPS) is 16.5. The number of amides is 1. The SMILES string of the molecule is Cc1c(Cl)cccc1NC(=O)CN1CC(C(F)F)C1. The number of carbonyl (C=O) groups excluding carboxylic acids is 1. The molecule has 1 heterocycles. The molecule has 0 saturated carbocycles. The molecule has 0 aromatic heterocycles. The third kappa shape index (κ3) is 3.42. The van der Waals surface area contributed by atoms with Gasteiger partial charge in [-0.3, -0.25) is 9.69 Å². The minimum atomic E-state index is -2.30. The van der Waals surface area contributed by atoms with Crippen molar-refractivity contribution in [3.8, 4) is 0 Å². The molecule has 0 aliphatic carbocycles. The predicted octanol–water partition coefficient (Wildman–Crippen LogP) is 2.78. The summed E-state index contributed by atoms with van der Waals surface area (Å²) >= 11 is 5.95. The molecular weight excluding hydrogens is 274 g/mol. The van der Waals surface area contributed by atoms with Gasteiger partial charge in [-0.2, -0.15) is 0 Å². The summed E-state index contributed by atoms with van der Waals surface area (Å²) in [5.41, 5.74) is 1.45. The molecule has 1 N–H and O–H groups in total. The monoisotopic (exact) mass is 288 g/mol. The van der Waals surface area contributed by atoms with Crippen LogP contribution in [0, 0.1) is 12.8 Å². The fourth-order valence-electron chi connectivity index (χ4n) is 2.03. The first-order valence-corrected chi connectivity index (χ1v) is 6.40. The Morgan fingerprint density at radius 3 is 2.84 bits per heavy atom. The fourth-order valence-corrected chi connectivity index (χ4v) is 2.21. The molecule has 1 saturated heterocycles. The molecule has 0 bridgehead atoms. The molecule has 1 aromatic rings. The van der Waals surface area contributed by atoms with E-state index in [9.17, 15) is 13.6 Å². The van der Waals surface area contributed by atoms with Crippen LogP contribution in [0.3, 0.4) is 0 Å². The zero-order valence-corrected chi connectivity index (χ0v) is 11.3. The number of nitrogens with one attached hydrogen (secondary N) is 1. The third-order valence-corrected chi connectivity index (χ3v) is 3.66. The van der Waals surface area contributed by atoms with Gasteiger partial charge in [0.05, 0.1) is 6.54 Å². The molecule has 104 valence electrons. The van der Waals surface area contributed by atoms with E-state index in [1.54, 1.807) is 23.1 Å². The van der Waals surface area contributed by atoms with Gasteiger partial charge in [-0.1, -0.05) is 17.7 Å². The second-order valence-electron chi connectivity index (χ2n) is 4.75. The second kappa shape index (κ2) is 5.84. The summed E-state index contributed by atoms with van der Waals surface area (Å²) in [5.74, 6) is -0.807. The third-order valence-electron chi connectivity index (χ3n) is 3.25. The number of nitrogens with zero attached hydrogens (tertiary/aromatic N) is 1. The Hall–Kier alpha value is -1.20. The Morgan fingerprint density at radius 2 is 2.21 bits per heavy atom. The maximum atomic E-state index is 12.3. The molecule has 0 unspecified atom stereocenters. The zero-order valence-electron chi connectivity index (χ0n) is 10.5. The maximum Gasteiger partial charge on any atom is 0.243 e. The average Bonchev–Trinajstić information content (AvgIpc) is 2.28. The smallest absolute Gasteiger partial charge is 0.243 e. The van der Waals surface area contributed by atoms with Gasteiger partial charge in [0.15, 0.2) is 0 Å². The van der Waals surface area contributed by atoms with Gasteiger partial charge in [0, 0.05) is 29.7 Å². The number of benzene rings is 1. The highest BCUT2D eigenvalue weighted by Crippen LogP contribution is 2.24. The number of alkyl halides is 2. The van der Waals surface area contributed by atoms with Gasteiger partial charge in [-0.05, 0) is 24.6 Å². The van der Waals surface area contributed by atoms with E-state index in [-0.39, 0.29) is 25.5 Å². The zero-order chi connectivity index (χ0) is 14.0. The molecule has 1 amide bonds. The van der Waals surface area contributed by atoms with E-state index in [1.165, 1.54) is 0 Å². The van der Waals surface area contributed by atoms with Crippen molar-refractivity contribution in [1.29, 1.82) is 0 Å². The van der Waals surface area contributed by atoms with Gasteiger partial charge >= 0.3 is 0 Å². The standard InChI is InChI=1S/C13H15ClF2N2O/c1-8-10(14)3-2-4-11(8)17-12(19)7-18-5-9(6-18)13(15)16/h2-4,9,13H,5-7H2,1H3,(H,17,19). The molecule has 6 heteroatoms. The molecule has 19 heavy (non-hydrogen) atoms. The average molecular weight is 289 g/mol. The summed E-state index contributed by atoms with van der Waals surface area (Å²) in [5, 5.41) is 3.32. The van der Waals surface area contributed by atoms with Gasteiger partial charge in [0.2, 0.25) is 12.3 Å². The molecule has 0 spiro atoms. The summed E-state index contributed by atoms with van der Waals surface area (Å²) in [6, 6.07) is 5.26. The molecule has 1 fully saturated rings. The van der Waals surface area contributed by atoms with Crippen molar-refractivity contribution >= 4 is 23.2 Å². The Labute approximate surface area is 115 Å². The van der Waals surface area contributed by atoms with E-state index in [2.05, 4.69) is 5.32 Å². The first kappa shape index (κ1) is 14.2. The quantitative estimate of drug-likeness (QED) is 0.924. The highest BCUT2D eigenvalue weighted by Gasteiger charge is 2.34. The molecule has 1 aliphatic heterocycles. The Kier molecular flexibility index (Phi) is 4.37. The van der Waals surface area contributed by atoms with Crippen LogP contribution in [0.15, 0.2) is 18.2 Å². The van der Waals surface area contributed by atoms with Crippen LogP contribution < -0.4 is 5.32 Å². The molecule has 2 rings (SSSR count). The number of hydrogen-bond acceptors (Lipinski definition) is 2. The number of rotatable bonds is 4. The van der Waals surface area contributed by atoms with Crippen LogP contribution in [-0.4, -0.2) is 36.9 Å². The molecule has 1 aromatic carbocycles.